The molecule has 1 aliphatic carbocycles. The van der Waals surface area contributed by atoms with E-state index in [0.717, 1.165) is 6.54 Å². The van der Waals surface area contributed by atoms with Gasteiger partial charge in [-0.1, -0.05) is 6.42 Å². The lowest BCUT2D eigenvalue weighted by atomic mass is 10.0. The highest BCUT2D eigenvalue weighted by molar-refractivity contribution is 4.86. The molecule has 0 saturated heterocycles. The number of aliphatic hydroxyl groups excluding tert-OH is 1. The zero-order valence-corrected chi connectivity index (χ0v) is 8.91. The van der Waals surface area contributed by atoms with Gasteiger partial charge in [0, 0.05) is 13.2 Å². The lowest BCUT2D eigenvalue weighted by molar-refractivity contribution is 0.118. The van der Waals surface area contributed by atoms with Crippen molar-refractivity contribution < 1.29 is 9.84 Å². The van der Waals surface area contributed by atoms with Gasteiger partial charge in [0.15, 0.2) is 0 Å². The molecule has 0 aromatic heterocycles. The zero-order chi connectivity index (χ0) is 10.4. The van der Waals surface area contributed by atoms with Crippen molar-refractivity contribution in [3.63, 3.8) is 0 Å². The third-order valence-electron chi connectivity index (χ3n) is 3.00. The van der Waals surface area contributed by atoms with Gasteiger partial charge in [0.1, 0.15) is 0 Å². The fraction of sp³-hybridized carbons (Fsp3) is 1.00. The van der Waals surface area contributed by atoms with E-state index in [1.54, 1.807) is 7.11 Å². The fourth-order valence-corrected chi connectivity index (χ4v) is 2.20. The highest BCUT2D eigenvalue weighted by atomic mass is 16.5. The molecule has 1 saturated carbocycles. The summed E-state index contributed by atoms with van der Waals surface area (Å²) in [6.07, 6.45) is 3.62. The first-order chi connectivity index (χ1) is 6.81. The molecule has 0 aliphatic heterocycles. The summed E-state index contributed by atoms with van der Waals surface area (Å²) in [5, 5.41) is 12.5. The molecule has 3 atom stereocenters. The van der Waals surface area contributed by atoms with E-state index in [0.29, 0.717) is 18.6 Å². The van der Waals surface area contributed by atoms with E-state index in [1.165, 1.54) is 19.3 Å². The Balaban J connectivity index is 2.32. The summed E-state index contributed by atoms with van der Waals surface area (Å²) in [5.74, 6) is 0.570. The first-order valence-electron chi connectivity index (χ1n) is 5.37. The first-order valence-corrected chi connectivity index (χ1v) is 5.37. The average Bonchev–Trinajstić information content (AvgIpc) is 2.64. The average molecular weight is 202 g/mol. The van der Waals surface area contributed by atoms with Gasteiger partial charge in [-0.15, -0.1) is 0 Å². The van der Waals surface area contributed by atoms with E-state index < -0.39 is 0 Å². The van der Waals surface area contributed by atoms with Crippen molar-refractivity contribution in [3.05, 3.63) is 0 Å². The summed E-state index contributed by atoms with van der Waals surface area (Å²) in [6, 6.07) is 0.518. The van der Waals surface area contributed by atoms with Crippen molar-refractivity contribution >= 4 is 0 Å². The second kappa shape index (κ2) is 6.35. The van der Waals surface area contributed by atoms with E-state index in [2.05, 4.69) is 5.32 Å². The van der Waals surface area contributed by atoms with E-state index in [4.69, 9.17) is 15.6 Å². The normalized spacial score (nSPS) is 29.4. The van der Waals surface area contributed by atoms with Crippen LogP contribution in [0.3, 0.4) is 0 Å². The molecule has 3 unspecified atom stereocenters. The number of hydrogen-bond donors (Lipinski definition) is 3. The lowest BCUT2D eigenvalue weighted by Gasteiger charge is -2.24. The van der Waals surface area contributed by atoms with Gasteiger partial charge >= 0.3 is 0 Å². The maximum absolute atomic E-state index is 9.10. The van der Waals surface area contributed by atoms with Gasteiger partial charge in [0.2, 0.25) is 0 Å². The topological polar surface area (TPSA) is 67.5 Å². The molecule has 1 aliphatic rings. The predicted molar refractivity (Wildman–Crippen MR) is 56.1 cm³/mol. The van der Waals surface area contributed by atoms with E-state index >= 15 is 0 Å². The molecule has 14 heavy (non-hydrogen) atoms. The Morgan fingerprint density at radius 3 is 2.93 bits per heavy atom. The summed E-state index contributed by atoms with van der Waals surface area (Å²) < 4.78 is 5.02. The Bertz CT molecular complexity index is 155. The van der Waals surface area contributed by atoms with Crippen LogP contribution in [0.15, 0.2) is 0 Å². The van der Waals surface area contributed by atoms with Crippen molar-refractivity contribution in [1.29, 1.82) is 0 Å². The largest absolute Gasteiger partial charge is 0.395 e. The summed E-state index contributed by atoms with van der Waals surface area (Å²) in [6.45, 7) is 1.43. The Kier molecular flexibility index (Phi) is 5.40. The molecule has 1 rings (SSSR count). The molecule has 84 valence electrons. The fourth-order valence-electron chi connectivity index (χ4n) is 2.20. The molecule has 1 fully saturated rings. The van der Waals surface area contributed by atoms with Crippen LogP contribution < -0.4 is 11.1 Å². The van der Waals surface area contributed by atoms with Crippen LogP contribution >= 0.6 is 0 Å². The number of nitrogens with two attached hydrogens (primary N) is 1. The molecule has 4 N–H and O–H groups in total. The zero-order valence-electron chi connectivity index (χ0n) is 8.91. The molecule has 0 aromatic rings. The molecule has 0 aromatic carbocycles. The molecule has 0 amide bonds. The Morgan fingerprint density at radius 2 is 2.36 bits per heavy atom. The van der Waals surface area contributed by atoms with Crippen molar-refractivity contribution in [2.24, 2.45) is 11.7 Å². The van der Waals surface area contributed by atoms with Crippen LogP contribution in [0.2, 0.25) is 0 Å². The number of nitrogens with one attached hydrogen (secondary N) is 1. The van der Waals surface area contributed by atoms with Crippen molar-refractivity contribution in [2.45, 2.75) is 31.3 Å². The summed E-state index contributed by atoms with van der Waals surface area (Å²) >= 11 is 0. The van der Waals surface area contributed by atoms with Crippen molar-refractivity contribution in [3.8, 4) is 0 Å². The van der Waals surface area contributed by atoms with Crippen LogP contribution in [0.4, 0.5) is 0 Å². The highest BCUT2D eigenvalue weighted by Gasteiger charge is 2.27. The van der Waals surface area contributed by atoms with Crippen LogP contribution in [-0.4, -0.2) is 44.1 Å². The maximum Gasteiger partial charge on any atom is 0.0638 e. The number of methoxy groups -OCH3 is 1. The van der Waals surface area contributed by atoms with Gasteiger partial charge in [-0.3, -0.25) is 0 Å². The Labute approximate surface area is 85.8 Å². The van der Waals surface area contributed by atoms with Gasteiger partial charge in [0.25, 0.3) is 0 Å². The first kappa shape index (κ1) is 11.9. The molecular formula is C10H22N2O2. The molecule has 0 radical (unpaired) electrons. The quantitative estimate of drug-likeness (QED) is 0.554. The van der Waals surface area contributed by atoms with Gasteiger partial charge in [-0.05, 0) is 25.3 Å². The minimum Gasteiger partial charge on any atom is -0.395 e. The number of hydrogen-bond acceptors (Lipinski definition) is 4. The second-order valence-electron chi connectivity index (χ2n) is 4.03. The molecule has 4 heteroatoms. The number of aliphatic hydroxyl groups is 1. The minimum atomic E-state index is 0.0529. The van der Waals surface area contributed by atoms with Crippen molar-refractivity contribution in [1.82, 2.24) is 5.32 Å². The van der Waals surface area contributed by atoms with Gasteiger partial charge in [-0.25, -0.2) is 0 Å². The van der Waals surface area contributed by atoms with Crippen molar-refractivity contribution in [2.75, 3.05) is 26.9 Å². The second-order valence-corrected chi connectivity index (χ2v) is 4.03. The molecule has 0 heterocycles. The maximum atomic E-state index is 9.10. The van der Waals surface area contributed by atoms with Gasteiger partial charge in [0.05, 0.1) is 19.3 Å². The lowest BCUT2D eigenvalue weighted by Crippen LogP contribution is -2.46. The van der Waals surface area contributed by atoms with E-state index in [9.17, 15) is 0 Å². The van der Waals surface area contributed by atoms with Crippen LogP contribution in [0.5, 0.6) is 0 Å². The number of ether oxygens (including phenoxy) is 1. The standard InChI is InChI=1S/C10H22N2O2/c1-14-7-9(6-13)12-10-4-2-3-8(10)5-11/h8-10,12-13H,2-7,11H2,1H3. The third-order valence-corrected chi connectivity index (χ3v) is 3.00. The molecule has 0 bridgehead atoms. The summed E-state index contributed by atoms with van der Waals surface area (Å²) in [7, 11) is 1.65. The molecule has 0 spiro atoms. The molecular weight excluding hydrogens is 180 g/mol. The predicted octanol–water partition coefficient (Wildman–Crippen LogP) is -0.289. The minimum absolute atomic E-state index is 0.0529. The summed E-state index contributed by atoms with van der Waals surface area (Å²) in [4.78, 5) is 0. The van der Waals surface area contributed by atoms with Crippen LogP contribution in [0, 0.1) is 5.92 Å². The van der Waals surface area contributed by atoms with Crippen LogP contribution in [0.1, 0.15) is 19.3 Å². The monoisotopic (exact) mass is 202 g/mol. The van der Waals surface area contributed by atoms with Crippen LogP contribution in [0.25, 0.3) is 0 Å². The summed E-state index contributed by atoms with van der Waals surface area (Å²) in [5.41, 5.74) is 5.68. The highest BCUT2D eigenvalue weighted by Crippen LogP contribution is 2.24. The van der Waals surface area contributed by atoms with Gasteiger partial charge in [-0.2, -0.15) is 0 Å². The molecule has 4 nitrogen and oxygen atoms in total. The third kappa shape index (κ3) is 3.20. The number of rotatable bonds is 6. The SMILES string of the molecule is COCC(CO)NC1CCCC1CN. The van der Waals surface area contributed by atoms with E-state index in [1.807, 2.05) is 0 Å². The van der Waals surface area contributed by atoms with Crippen LogP contribution in [-0.2, 0) is 4.74 Å². The smallest absolute Gasteiger partial charge is 0.0638 e. The van der Waals surface area contributed by atoms with Gasteiger partial charge < -0.3 is 20.9 Å². The Morgan fingerprint density at radius 1 is 1.57 bits per heavy atom. The Hall–Kier alpha value is -0.160. The van der Waals surface area contributed by atoms with E-state index in [-0.39, 0.29) is 12.6 Å².